The molecule has 0 N–H and O–H groups in total. The van der Waals surface area contributed by atoms with Crippen molar-refractivity contribution in [3.05, 3.63) is 193 Å². The second kappa shape index (κ2) is 11.7. The Morgan fingerprint density at radius 2 is 1.00 bits per heavy atom. The molecule has 0 saturated heterocycles. The monoisotopic (exact) mass is 668 g/mol. The molecule has 0 unspecified atom stereocenters. The number of aromatic nitrogens is 2. The van der Waals surface area contributed by atoms with E-state index >= 15 is 0 Å². The Balaban J connectivity index is 1.09. The zero-order chi connectivity index (χ0) is 33.9. The fraction of sp³-hybridized carbons (Fsp3) is 0.0417. The lowest BCUT2D eigenvalue weighted by atomic mass is 9.74. The van der Waals surface area contributed by atoms with Crippen molar-refractivity contribution in [1.82, 2.24) is 9.97 Å². The van der Waals surface area contributed by atoms with Gasteiger partial charge in [-0.25, -0.2) is 9.97 Å². The van der Waals surface area contributed by atoms with Gasteiger partial charge >= 0.3 is 0 Å². The van der Waals surface area contributed by atoms with Gasteiger partial charge in [0.15, 0.2) is 5.82 Å². The summed E-state index contributed by atoms with van der Waals surface area (Å²) >= 11 is 1.86. The number of hydrogen-bond donors (Lipinski definition) is 0. The first kappa shape index (κ1) is 29.7. The molecule has 0 bridgehead atoms. The Kier molecular flexibility index (Phi) is 6.83. The summed E-state index contributed by atoms with van der Waals surface area (Å²) in [5, 5.41) is 2.63. The van der Waals surface area contributed by atoms with Crippen LogP contribution in [-0.4, -0.2) is 9.97 Å². The van der Waals surface area contributed by atoms with E-state index in [4.69, 9.17) is 9.97 Å². The van der Waals surface area contributed by atoms with E-state index in [9.17, 15) is 0 Å². The first-order valence-electron chi connectivity index (χ1n) is 17.4. The standard InChI is InChI=1S/C48H32N2S/c1-48(41-22-8-5-17-37(41)38-18-6-9-23-42(38)48)35-16-11-15-34(29-35)44-30-43(49-47(50-44)33-13-3-2-4-14-33)32-27-25-31(26-28-32)36-20-12-21-40-39-19-7-10-24-45(39)51-46(36)40/h2-30H,1H3. The number of hydrogen-bond acceptors (Lipinski definition) is 3. The average molecular weight is 669 g/mol. The summed E-state index contributed by atoms with van der Waals surface area (Å²) in [4.78, 5) is 10.3. The van der Waals surface area contributed by atoms with Gasteiger partial charge in [0.2, 0.25) is 0 Å². The van der Waals surface area contributed by atoms with Crippen LogP contribution in [0.1, 0.15) is 23.6 Å². The predicted octanol–water partition coefficient (Wildman–Crippen LogP) is 12.8. The van der Waals surface area contributed by atoms with Crippen LogP contribution in [-0.2, 0) is 5.41 Å². The molecule has 0 saturated carbocycles. The van der Waals surface area contributed by atoms with Gasteiger partial charge in [-0.2, -0.15) is 0 Å². The van der Waals surface area contributed by atoms with Crippen LogP contribution >= 0.6 is 11.3 Å². The van der Waals surface area contributed by atoms with Gasteiger partial charge in [-0.05, 0) is 64.1 Å². The second-order valence-corrected chi connectivity index (χ2v) is 14.5. The second-order valence-electron chi connectivity index (χ2n) is 13.5. The molecular weight excluding hydrogens is 637 g/mol. The maximum atomic E-state index is 5.19. The van der Waals surface area contributed by atoms with Crippen LogP contribution in [0, 0.1) is 0 Å². The molecule has 0 fully saturated rings. The molecule has 0 atom stereocenters. The lowest BCUT2D eigenvalue weighted by Gasteiger charge is -2.28. The van der Waals surface area contributed by atoms with Crippen LogP contribution in [0.3, 0.4) is 0 Å². The molecule has 10 rings (SSSR count). The Labute approximate surface area is 301 Å². The lowest BCUT2D eigenvalue weighted by molar-refractivity contribution is 0.714. The van der Waals surface area contributed by atoms with Crippen LogP contribution in [0.5, 0.6) is 0 Å². The van der Waals surface area contributed by atoms with Crippen molar-refractivity contribution in [2.45, 2.75) is 12.3 Å². The summed E-state index contributed by atoms with van der Waals surface area (Å²) in [7, 11) is 0. The summed E-state index contributed by atoms with van der Waals surface area (Å²) < 4.78 is 2.64. The van der Waals surface area contributed by atoms with Crippen molar-refractivity contribution in [3.8, 4) is 56.2 Å². The SMILES string of the molecule is CC1(c2cccc(-c3cc(-c4ccc(-c5cccc6c5sc5ccccc56)cc4)nc(-c4ccccc4)n3)c2)c2ccccc2-c2ccccc21. The van der Waals surface area contributed by atoms with Gasteiger partial charge < -0.3 is 0 Å². The van der Waals surface area contributed by atoms with Gasteiger partial charge in [-0.1, -0.05) is 158 Å². The Hall–Kier alpha value is -6.16. The van der Waals surface area contributed by atoms with Crippen molar-refractivity contribution in [2.75, 3.05) is 0 Å². The van der Waals surface area contributed by atoms with Crippen molar-refractivity contribution >= 4 is 31.5 Å². The highest BCUT2D eigenvalue weighted by atomic mass is 32.1. The molecule has 2 heterocycles. The Bertz CT molecular complexity index is 2710. The molecule has 0 radical (unpaired) electrons. The van der Waals surface area contributed by atoms with Crippen LogP contribution < -0.4 is 0 Å². The molecular formula is C48H32N2S. The fourth-order valence-corrected chi connectivity index (χ4v) is 9.25. The van der Waals surface area contributed by atoms with Gasteiger partial charge in [0.1, 0.15) is 0 Å². The van der Waals surface area contributed by atoms with Gasteiger partial charge in [0.05, 0.1) is 11.4 Å². The van der Waals surface area contributed by atoms with Gasteiger partial charge in [0, 0.05) is 42.3 Å². The van der Waals surface area contributed by atoms with E-state index in [1.54, 1.807) is 0 Å². The van der Waals surface area contributed by atoms with Gasteiger partial charge in [-0.3, -0.25) is 0 Å². The highest BCUT2D eigenvalue weighted by Crippen LogP contribution is 2.52. The van der Waals surface area contributed by atoms with E-state index in [2.05, 4.69) is 165 Å². The Morgan fingerprint density at radius 3 is 1.76 bits per heavy atom. The van der Waals surface area contributed by atoms with E-state index in [-0.39, 0.29) is 5.41 Å². The van der Waals surface area contributed by atoms with Crippen LogP contribution in [0.15, 0.2) is 176 Å². The lowest BCUT2D eigenvalue weighted by Crippen LogP contribution is -2.22. The minimum Gasteiger partial charge on any atom is -0.228 e. The number of thiophene rings is 1. The molecule has 0 aliphatic heterocycles. The van der Waals surface area contributed by atoms with Crippen LogP contribution in [0.25, 0.3) is 76.3 Å². The maximum absolute atomic E-state index is 5.19. The number of benzene rings is 7. The third kappa shape index (κ3) is 4.77. The first-order valence-corrected chi connectivity index (χ1v) is 18.2. The molecule has 0 amide bonds. The molecule has 1 aliphatic rings. The van der Waals surface area contributed by atoms with Gasteiger partial charge in [-0.15, -0.1) is 11.3 Å². The average Bonchev–Trinajstić information content (AvgIpc) is 3.72. The molecule has 1 aliphatic carbocycles. The van der Waals surface area contributed by atoms with Crippen LogP contribution in [0.2, 0.25) is 0 Å². The quantitative estimate of drug-likeness (QED) is 0.182. The highest BCUT2D eigenvalue weighted by molar-refractivity contribution is 7.26. The van der Waals surface area contributed by atoms with E-state index in [0.717, 1.165) is 33.9 Å². The van der Waals surface area contributed by atoms with E-state index in [1.165, 1.54) is 59.1 Å². The van der Waals surface area contributed by atoms with E-state index in [1.807, 2.05) is 29.5 Å². The number of rotatable bonds is 5. The summed E-state index contributed by atoms with van der Waals surface area (Å²) in [5.74, 6) is 0.718. The third-order valence-corrected chi connectivity index (χ3v) is 11.8. The largest absolute Gasteiger partial charge is 0.228 e. The maximum Gasteiger partial charge on any atom is 0.160 e. The highest BCUT2D eigenvalue weighted by Gasteiger charge is 2.40. The van der Waals surface area contributed by atoms with E-state index in [0.29, 0.717) is 0 Å². The topological polar surface area (TPSA) is 25.8 Å². The molecule has 240 valence electrons. The van der Waals surface area contributed by atoms with Crippen molar-refractivity contribution in [3.63, 3.8) is 0 Å². The third-order valence-electron chi connectivity index (χ3n) is 10.6. The minimum atomic E-state index is -0.283. The summed E-state index contributed by atoms with van der Waals surface area (Å²) in [6, 6.07) is 63.2. The van der Waals surface area contributed by atoms with Crippen molar-refractivity contribution in [1.29, 1.82) is 0 Å². The molecule has 9 aromatic rings. The Morgan fingerprint density at radius 1 is 0.431 bits per heavy atom. The van der Waals surface area contributed by atoms with Crippen LogP contribution in [0.4, 0.5) is 0 Å². The normalized spacial score (nSPS) is 13.0. The molecule has 2 nitrogen and oxygen atoms in total. The zero-order valence-electron chi connectivity index (χ0n) is 28.0. The summed E-state index contributed by atoms with van der Waals surface area (Å²) in [5.41, 5.74) is 13.7. The van der Waals surface area contributed by atoms with E-state index < -0.39 is 0 Å². The molecule has 3 heteroatoms. The van der Waals surface area contributed by atoms with Crippen molar-refractivity contribution in [2.24, 2.45) is 0 Å². The zero-order valence-corrected chi connectivity index (χ0v) is 28.9. The predicted molar refractivity (Wildman–Crippen MR) is 214 cm³/mol. The molecule has 2 aromatic heterocycles. The smallest absolute Gasteiger partial charge is 0.160 e. The van der Waals surface area contributed by atoms with Crippen molar-refractivity contribution < 1.29 is 0 Å². The molecule has 51 heavy (non-hydrogen) atoms. The van der Waals surface area contributed by atoms with Gasteiger partial charge in [0.25, 0.3) is 0 Å². The molecule has 0 spiro atoms. The molecule has 7 aromatic carbocycles. The first-order chi connectivity index (χ1) is 25.1. The number of nitrogens with zero attached hydrogens (tertiary/aromatic N) is 2. The fourth-order valence-electron chi connectivity index (χ4n) is 8.01. The minimum absolute atomic E-state index is 0.283. The summed E-state index contributed by atoms with van der Waals surface area (Å²) in [6.07, 6.45) is 0. The number of fused-ring (bicyclic) bond motifs is 6. The summed E-state index contributed by atoms with van der Waals surface area (Å²) in [6.45, 7) is 2.36.